The van der Waals surface area contributed by atoms with E-state index in [1.54, 1.807) is 11.3 Å². The molecule has 0 bridgehead atoms. The van der Waals surface area contributed by atoms with Crippen molar-refractivity contribution in [2.45, 2.75) is 39.5 Å². The van der Waals surface area contributed by atoms with Crippen molar-refractivity contribution in [3.63, 3.8) is 0 Å². The van der Waals surface area contributed by atoms with Crippen molar-refractivity contribution < 1.29 is 5.11 Å². The van der Waals surface area contributed by atoms with Gasteiger partial charge in [-0.2, -0.15) is 0 Å². The van der Waals surface area contributed by atoms with Crippen LogP contribution in [0.4, 0.5) is 0 Å². The van der Waals surface area contributed by atoms with Gasteiger partial charge in [0.05, 0.1) is 10.7 Å². The van der Waals surface area contributed by atoms with E-state index in [0.29, 0.717) is 6.42 Å². The first-order chi connectivity index (χ1) is 8.91. The summed E-state index contributed by atoms with van der Waals surface area (Å²) in [4.78, 5) is 4.61. The largest absolute Gasteiger partial charge is 0.396 e. The fourth-order valence-corrected chi connectivity index (χ4v) is 2.80. The lowest BCUT2D eigenvalue weighted by atomic mass is 9.85. The molecule has 0 atom stereocenters. The van der Waals surface area contributed by atoms with E-state index in [0.717, 1.165) is 10.7 Å². The highest BCUT2D eigenvalue weighted by atomic mass is 32.1. The van der Waals surface area contributed by atoms with Gasteiger partial charge in [0.15, 0.2) is 0 Å². The maximum atomic E-state index is 8.97. The van der Waals surface area contributed by atoms with Gasteiger partial charge in [0.2, 0.25) is 0 Å². The minimum absolute atomic E-state index is 0.145. The Morgan fingerprint density at radius 2 is 2.00 bits per heavy atom. The molecule has 2 rings (SSSR count). The van der Waals surface area contributed by atoms with Crippen LogP contribution in [0.5, 0.6) is 0 Å². The quantitative estimate of drug-likeness (QED) is 0.920. The lowest BCUT2D eigenvalue weighted by Crippen LogP contribution is -2.11. The fourth-order valence-electron chi connectivity index (χ4n) is 2.01. The number of aromatic nitrogens is 1. The van der Waals surface area contributed by atoms with Gasteiger partial charge in [0, 0.05) is 24.0 Å². The van der Waals surface area contributed by atoms with Gasteiger partial charge in [-0.1, -0.05) is 32.9 Å². The van der Waals surface area contributed by atoms with Crippen molar-refractivity contribution in [3.05, 3.63) is 39.7 Å². The van der Waals surface area contributed by atoms with Crippen molar-refractivity contribution >= 4 is 11.3 Å². The second-order valence-corrected chi connectivity index (χ2v) is 6.82. The summed E-state index contributed by atoms with van der Waals surface area (Å²) in [6, 6.07) is 6.61. The molecule has 3 heteroatoms. The highest BCUT2D eigenvalue weighted by Crippen LogP contribution is 2.30. The third-order valence-electron chi connectivity index (χ3n) is 3.26. The molecule has 1 aromatic carbocycles. The van der Waals surface area contributed by atoms with Gasteiger partial charge in [-0.3, -0.25) is 0 Å². The predicted octanol–water partition coefficient (Wildman–Crippen LogP) is 3.95. The number of aliphatic hydroxyl groups excluding tert-OH is 1. The van der Waals surface area contributed by atoms with E-state index in [9.17, 15) is 0 Å². The molecule has 0 amide bonds. The zero-order chi connectivity index (χ0) is 14.0. The van der Waals surface area contributed by atoms with Gasteiger partial charge < -0.3 is 5.11 Å². The molecule has 0 radical (unpaired) electrons. The number of aryl methyl sites for hydroxylation is 1. The molecule has 0 saturated heterocycles. The van der Waals surface area contributed by atoms with Crippen molar-refractivity contribution in [1.82, 2.24) is 4.98 Å². The highest BCUT2D eigenvalue weighted by Gasteiger charge is 2.16. The predicted molar refractivity (Wildman–Crippen MR) is 81.8 cm³/mol. The van der Waals surface area contributed by atoms with E-state index < -0.39 is 0 Å². The monoisotopic (exact) mass is 275 g/mol. The smallest absolute Gasteiger partial charge is 0.0955 e. The molecule has 0 aliphatic carbocycles. The van der Waals surface area contributed by atoms with Gasteiger partial charge in [-0.15, -0.1) is 11.3 Å². The number of aliphatic hydroxyl groups is 1. The topological polar surface area (TPSA) is 33.1 Å². The van der Waals surface area contributed by atoms with Crippen LogP contribution in [0.1, 0.15) is 36.9 Å². The summed E-state index contributed by atoms with van der Waals surface area (Å²) in [6.07, 6.45) is 0.642. The standard InChI is InChI=1S/C16H21NOS/c1-11-5-6-12(16(2,3)4)9-13(11)14-10-19-15(17-14)7-8-18/h5-6,9-10,18H,7-8H2,1-4H3. The number of nitrogens with zero attached hydrogens (tertiary/aromatic N) is 1. The van der Waals surface area contributed by atoms with Crippen LogP contribution in [0.15, 0.2) is 23.6 Å². The molecule has 2 aromatic rings. The third-order valence-corrected chi connectivity index (χ3v) is 4.17. The molecule has 2 nitrogen and oxygen atoms in total. The van der Waals surface area contributed by atoms with Crippen molar-refractivity contribution in [2.75, 3.05) is 6.61 Å². The van der Waals surface area contributed by atoms with Gasteiger partial charge in [-0.05, 0) is 29.5 Å². The van der Waals surface area contributed by atoms with E-state index in [1.165, 1.54) is 16.7 Å². The Hall–Kier alpha value is -1.19. The summed E-state index contributed by atoms with van der Waals surface area (Å²) in [6.45, 7) is 8.94. The summed E-state index contributed by atoms with van der Waals surface area (Å²) in [5.41, 5.74) is 4.94. The molecule has 0 spiro atoms. The van der Waals surface area contributed by atoms with Gasteiger partial charge in [0.1, 0.15) is 0 Å². The number of thiazole rings is 1. The summed E-state index contributed by atoms with van der Waals surface area (Å²) >= 11 is 1.62. The molecule has 1 heterocycles. The second kappa shape index (κ2) is 5.43. The van der Waals surface area contributed by atoms with E-state index in [2.05, 4.69) is 56.3 Å². The zero-order valence-electron chi connectivity index (χ0n) is 12.0. The van der Waals surface area contributed by atoms with E-state index in [1.807, 2.05) is 0 Å². The molecule has 0 saturated carbocycles. The summed E-state index contributed by atoms with van der Waals surface area (Å²) < 4.78 is 0. The Bertz CT molecular complexity index is 566. The highest BCUT2D eigenvalue weighted by molar-refractivity contribution is 7.09. The first-order valence-corrected chi connectivity index (χ1v) is 7.46. The van der Waals surface area contributed by atoms with Crippen LogP contribution >= 0.6 is 11.3 Å². The third kappa shape index (κ3) is 3.23. The Labute approximate surface area is 119 Å². The molecule has 0 aliphatic heterocycles. The van der Waals surface area contributed by atoms with Crippen LogP contribution in [-0.4, -0.2) is 16.7 Å². The van der Waals surface area contributed by atoms with E-state index in [-0.39, 0.29) is 12.0 Å². The summed E-state index contributed by atoms with van der Waals surface area (Å²) in [5, 5.41) is 12.1. The van der Waals surface area contributed by atoms with Crippen molar-refractivity contribution in [2.24, 2.45) is 0 Å². The fraction of sp³-hybridized carbons (Fsp3) is 0.438. The number of benzene rings is 1. The Morgan fingerprint density at radius 1 is 1.26 bits per heavy atom. The summed E-state index contributed by atoms with van der Waals surface area (Å²) in [5.74, 6) is 0. The Morgan fingerprint density at radius 3 is 2.63 bits per heavy atom. The normalized spacial score (nSPS) is 11.8. The molecule has 19 heavy (non-hydrogen) atoms. The second-order valence-electron chi connectivity index (χ2n) is 5.88. The van der Waals surface area contributed by atoms with Crippen molar-refractivity contribution in [1.29, 1.82) is 0 Å². The van der Waals surface area contributed by atoms with Crippen LogP contribution in [0.3, 0.4) is 0 Å². The minimum atomic E-state index is 0.145. The first kappa shape index (κ1) is 14.2. The average Bonchev–Trinajstić information content (AvgIpc) is 2.77. The van der Waals surface area contributed by atoms with Gasteiger partial charge >= 0.3 is 0 Å². The molecular weight excluding hydrogens is 254 g/mol. The van der Waals surface area contributed by atoms with Crippen LogP contribution in [-0.2, 0) is 11.8 Å². The molecule has 0 aliphatic rings. The van der Waals surface area contributed by atoms with Crippen LogP contribution in [0, 0.1) is 6.92 Å². The lowest BCUT2D eigenvalue weighted by Gasteiger charge is -2.20. The van der Waals surface area contributed by atoms with Crippen LogP contribution in [0.25, 0.3) is 11.3 Å². The number of hydrogen-bond donors (Lipinski definition) is 1. The average molecular weight is 275 g/mol. The first-order valence-electron chi connectivity index (χ1n) is 6.58. The van der Waals surface area contributed by atoms with Crippen molar-refractivity contribution in [3.8, 4) is 11.3 Å². The minimum Gasteiger partial charge on any atom is -0.396 e. The Kier molecular flexibility index (Phi) is 4.07. The van der Waals surface area contributed by atoms with E-state index in [4.69, 9.17) is 5.11 Å². The molecule has 1 N–H and O–H groups in total. The molecule has 102 valence electrons. The maximum Gasteiger partial charge on any atom is 0.0955 e. The summed E-state index contributed by atoms with van der Waals surface area (Å²) in [7, 11) is 0. The zero-order valence-corrected chi connectivity index (χ0v) is 12.8. The molecule has 1 aromatic heterocycles. The molecule has 0 fully saturated rings. The van der Waals surface area contributed by atoms with E-state index >= 15 is 0 Å². The van der Waals surface area contributed by atoms with Crippen LogP contribution < -0.4 is 0 Å². The lowest BCUT2D eigenvalue weighted by molar-refractivity contribution is 0.299. The SMILES string of the molecule is Cc1ccc(C(C)(C)C)cc1-c1csc(CCO)n1. The Balaban J connectivity index is 2.42. The van der Waals surface area contributed by atoms with Gasteiger partial charge in [-0.25, -0.2) is 4.98 Å². The number of rotatable bonds is 3. The maximum absolute atomic E-state index is 8.97. The van der Waals surface area contributed by atoms with Crippen LogP contribution in [0.2, 0.25) is 0 Å². The van der Waals surface area contributed by atoms with Gasteiger partial charge in [0.25, 0.3) is 0 Å². The molecule has 0 unspecified atom stereocenters. The molecular formula is C16H21NOS. The number of hydrogen-bond acceptors (Lipinski definition) is 3.